The summed E-state index contributed by atoms with van der Waals surface area (Å²) in [6.45, 7) is 0. The summed E-state index contributed by atoms with van der Waals surface area (Å²) in [7, 11) is 0. The van der Waals surface area contributed by atoms with E-state index in [4.69, 9.17) is 10.8 Å². The van der Waals surface area contributed by atoms with Crippen molar-refractivity contribution in [3.8, 4) is 0 Å². The van der Waals surface area contributed by atoms with Gasteiger partial charge in [0.1, 0.15) is 6.04 Å². The molecule has 1 aromatic rings. The molecular formula is C12H15NO2S2. The Bertz CT molecular complexity index is 386. The summed E-state index contributed by atoms with van der Waals surface area (Å²) < 4.78 is 0. The number of hydrogen-bond acceptors (Lipinski definition) is 4. The number of benzene rings is 1. The van der Waals surface area contributed by atoms with Gasteiger partial charge in [-0.05, 0) is 18.1 Å². The molecule has 17 heavy (non-hydrogen) atoms. The zero-order valence-electron chi connectivity index (χ0n) is 9.33. The zero-order chi connectivity index (χ0) is 12.3. The van der Waals surface area contributed by atoms with Gasteiger partial charge in [0.15, 0.2) is 0 Å². The minimum absolute atomic E-state index is 0.489. The predicted octanol–water partition coefficient (Wildman–Crippen LogP) is 1.85. The van der Waals surface area contributed by atoms with E-state index in [9.17, 15) is 4.79 Å². The van der Waals surface area contributed by atoms with Crippen molar-refractivity contribution >= 4 is 29.5 Å². The molecule has 5 heteroatoms. The summed E-state index contributed by atoms with van der Waals surface area (Å²) in [5.74, 6) is 0.531. The maximum absolute atomic E-state index is 10.6. The van der Waals surface area contributed by atoms with E-state index in [1.807, 2.05) is 11.8 Å². The van der Waals surface area contributed by atoms with E-state index >= 15 is 0 Å². The first-order chi connectivity index (χ1) is 8.16. The third kappa shape index (κ3) is 3.40. The van der Waals surface area contributed by atoms with Crippen molar-refractivity contribution in [2.45, 2.75) is 22.6 Å². The Morgan fingerprint density at radius 1 is 1.59 bits per heavy atom. The predicted molar refractivity (Wildman–Crippen MR) is 72.7 cm³/mol. The smallest absolute Gasteiger partial charge is 0.321 e. The van der Waals surface area contributed by atoms with Crippen LogP contribution in [0, 0.1) is 0 Å². The molecule has 1 heterocycles. The SMILES string of the molecule is N[C@H](CSCC1Cc2ccccc2S1)C(=O)O. The number of carboxylic acid groups (broad SMARTS) is 1. The third-order valence-corrected chi connectivity index (χ3v) is 5.39. The van der Waals surface area contributed by atoms with Gasteiger partial charge in [0, 0.05) is 21.7 Å². The van der Waals surface area contributed by atoms with Crippen LogP contribution in [0.25, 0.3) is 0 Å². The van der Waals surface area contributed by atoms with Gasteiger partial charge in [0.05, 0.1) is 0 Å². The molecule has 0 saturated heterocycles. The number of nitrogens with two attached hydrogens (primary N) is 1. The van der Waals surface area contributed by atoms with Gasteiger partial charge >= 0.3 is 5.97 Å². The van der Waals surface area contributed by atoms with E-state index < -0.39 is 12.0 Å². The highest BCUT2D eigenvalue weighted by Crippen LogP contribution is 2.38. The van der Waals surface area contributed by atoms with Gasteiger partial charge in [0.25, 0.3) is 0 Å². The van der Waals surface area contributed by atoms with Crippen LogP contribution in [0.2, 0.25) is 0 Å². The maximum atomic E-state index is 10.6. The average Bonchev–Trinajstić information content (AvgIpc) is 2.71. The fourth-order valence-corrected chi connectivity index (χ4v) is 4.30. The normalized spacial score (nSPS) is 19.9. The van der Waals surface area contributed by atoms with Crippen LogP contribution >= 0.6 is 23.5 Å². The molecule has 3 N–H and O–H groups in total. The van der Waals surface area contributed by atoms with Gasteiger partial charge in [-0.2, -0.15) is 11.8 Å². The second-order valence-electron chi connectivity index (χ2n) is 4.03. The maximum Gasteiger partial charge on any atom is 0.321 e. The van der Waals surface area contributed by atoms with Crippen molar-refractivity contribution in [2.75, 3.05) is 11.5 Å². The summed E-state index contributed by atoms with van der Waals surface area (Å²) in [5, 5.41) is 9.23. The Labute approximate surface area is 109 Å². The lowest BCUT2D eigenvalue weighted by Gasteiger charge is -2.09. The highest BCUT2D eigenvalue weighted by molar-refractivity contribution is 8.03. The topological polar surface area (TPSA) is 63.3 Å². The van der Waals surface area contributed by atoms with Crippen LogP contribution in [0.4, 0.5) is 0 Å². The van der Waals surface area contributed by atoms with Crippen molar-refractivity contribution in [3.63, 3.8) is 0 Å². The van der Waals surface area contributed by atoms with Gasteiger partial charge in [-0.3, -0.25) is 4.79 Å². The molecule has 0 amide bonds. The van der Waals surface area contributed by atoms with Crippen LogP contribution in [0.5, 0.6) is 0 Å². The van der Waals surface area contributed by atoms with Crippen LogP contribution < -0.4 is 5.73 Å². The number of aliphatic carboxylic acids is 1. The number of carboxylic acids is 1. The molecule has 1 aromatic carbocycles. The van der Waals surface area contributed by atoms with Crippen LogP contribution in [0.3, 0.4) is 0 Å². The van der Waals surface area contributed by atoms with E-state index in [0.29, 0.717) is 11.0 Å². The summed E-state index contributed by atoms with van der Waals surface area (Å²) in [4.78, 5) is 11.9. The van der Waals surface area contributed by atoms with Crippen LogP contribution in [0.1, 0.15) is 5.56 Å². The molecule has 92 valence electrons. The average molecular weight is 269 g/mol. The van der Waals surface area contributed by atoms with E-state index in [0.717, 1.165) is 12.2 Å². The number of carbonyl (C=O) groups is 1. The lowest BCUT2D eigenvalue weighted by Crippen LogP contribution is -2.32. The first-order valence-electron chi connectivity index (χ1n) is 5.47. The van der Waals surface area contributed by atoms with Crippen molar-refractivity contribution in [1.29, 1.82) is 0 Å². The highest BCUT2D eigenvalue weighted by Gasteiger charge is 2.22. The highest BCUT2D eigenvalue weighted by atomic mass is 32.2. The molecule has 2 rings (SSSR count). The van der Waals surface area contributed by atoms with Gasteiger partial charge in [-0.15, -0.1) is 11.8 Å². The fraction of sp³-hybridized carbons (Fsp3) is 0.417. The van der Waals surface area contributed by atoms with E-state index in [1.165, 1.54) is 10.5 Å². The van der Waals surface area contributed by atoms with E-state index in [1.54, 1.807) is 11.8 Å². The first kappa shape index (κ1) is 12.8. The largest absolute Gasteiger partial charge is 0.480 e. The van der Waals surface area contributed by atoms with Crippen molar-refractivity contribution in [1.82, 2.24) is 0 Å². The minimum Gasteiger partial charge on any atom is -0.480 e. The molecule has 0 radical (unpaired) electrons. The lowest BCUT2D eigenvalue weighted by molar-refractivity contribution is -0.137. The van der Waals surface area contributed by atoms with Gasteiger partial charge in [-0.25, -0.2) is 0 Å². The number of rotatable bonds is 5. The summed E-state index contributed by atoms with van der Waals surface area (Å²) in [6, 6.07) is 7.69. The van der Waals surface area contributed by atoms with Crippen LogP contribution in [-0.4, -0.2) is 33.9 Å². The molecule has 0 aromatic heterocycles. The summed E-state index contributed by atoms with van der Waals surface area (Å²) in [6.07, 6.45) is 1.08. The molecule has 0 saturated carbocycles. The molecule has 0 spiro atoms. The zero-order valence-corrected chi connectivity index (χ0v) is 11.0. The molecule has 1 aliphatic heterocycles. The van der Waals surface area contributed by atoms with Crippen molar-refractivity contribution < 1.29 is 9.90 Å². The Hall–Kier alpha value is -0.650. The molecule has 3 nitrogen and oxygen atoms in total. The summed E-state index contributed by atoms with van der Waals surface area (Å²) >= 11 is 3.52. The number of thioether (sulfide) groups is 2. The lowest BCUT2D eigenvalue weighted by atomic mass is 10.1. The Balaban J connectivity index is 1.75. The fourth-order valence-electron chi connectivity index (χ4n) is 1.74. The van der Waals surface area contributed by atoms with Crippen LogP contribution in [0.15, 0.2) is 29.2 Å². The quantitative estimate of drug-likeness (QED) is 0.854. The number of hydrogen-bond donors (Lipinski definition) is 2. The van der Waals surface area contributed by atoms with Crippen LogP contribution in [-0.2, 0) is 11.2 Å². The van der Waals surface area contributed by atoms with E-state index in [2.05, 4.69) is 24.3 Å². The molecule has 1 unspecified atom stereocenters. The second-order valence-corrected chi connectivity index (χ2v) is 6.45. The first-order valence-corrected chi connectivity index (χ1v) is 7.51. The Morgan fingerprint density at radius 3 is 3.06 bits per heavy atom. The second kappa shape index (κ2) is 5.80. The molecule has 0 bridgehead atoms. The van der Waals surface area contributed by atoms with E-state index in [-0.39, 0.29) is 0 Å². The summed E-state index contributed by atoms with van der Waals surface area (Å²) in [5.41, 5.74) is 6.87. The van der Waals surface area contributed by atoms with Crippen molar-refractivity contribution in [3.05, 3.63) is 29.8 Å². The molecule has 2 atom stereocenters. The molecular weight excluding hydrogens is 254 g/mol. The standard InChI is InChI=1S/C12H15NO2S2/c13-10(12(14)15)7-16-6-9-5-8-3-1-2-4-11(8)17-9/h1-4,9-10H,5-7,13H2,(H,14,15)/t9?,10-/m1/s1. The van der Waals surface area contributed by atoms with Gasteiger partial charge in [-0.1, -0.05) is 18.2 Å². The number of fused-ring (bicyclic) bond motifs is 1. The third-order valence-electron chi connectivity index (χ3n) is 2.63. The Kier molecular flexibility index (Phi) is 4.36. The molecule has 0 aliphatic carbocycles. The van der Waals surface area contributed by atoms with Gasteiger partial charge < -0.3 is 10.8 Å². The Morgan fingerprint density at radius 2 is 2.35 bits per heavy atom. The molecule has 0 fully saturated rings. The minimum atomic E-state index is -0.917. The van der Waals surface area contributed by atoms with Gasteiger partial charge in [0.2, 0.25) is 0 Å². The van der Waals surface area contributed by atoms with Crippen molar-refractivity contribution in [2.24, 2.45) is 5.73 Å². The molecule has 1 aliphatic rings. The monoisotopic (exact) mass is 269 g/mol.